The summed E-state index contributed by atoms with van der Waals surface area (Å²) in [4.78, 5) is 41.2. The number of carbonyl (C=O) groups excluding carboxylic acids is 2. The highest BCUT2D eigenvalue weighted by Gasteiger charge is 2.55. The lowest BCUT2D eigenvalue weighted by molar-refractivity contribution is -0.191. The van der Waals surface area contributed by atoms with E-state index in [9.17, 15) is 23.7 Å². The van der Waals surface area contributed by atoms with Gasteiger partial charge in [-0.05, 0) is 20.8 Å². The molecule has 0 aromatic carbocycles. The van der Waals surface area contributed by atoms with Crippen molar-refractivity contribution in [3.05, 3.63) is 33.1 Å². The number of hydrogen-bond donors (Lipinski definition) is 3. The van der Waals surface area contributed by atoms with Crippen molar-refractivity contribution in [2.75, 3.05) is 13.3 Å². The van der Waals surface area contributed by atoms with Gasteiger partial charge in [0.1, 0.15) is 12.2 Å². The maximum Gasteiger partial charge on any atom is 0.373 e. The first-order chi connectivity index (χ1) is 12.9. The van der Waals surface area contributed by atoms with Crippen LogP contribution in [0.4, 0.5) is 4.39 Å². The largest absolute Gasteiger partial charge is 0.387 e. The smallest absolute Gasteiger partial charge is 0.373 e. The Morgan fingerprint density at radius 3 is 2.57 bits per heavy atom. The van der Waals surface area contributed by atoms with Crippen LogP contribution in [0.2, 0.25) is 0 Å². The van der Waals surface area contributed by atoms with Gasteiger partial charge in [-0.3, -0.25) is 18.9 Å². The minimum Gasteiger partial charge on any atom is -0.387 e. The zero-order valence-corrected chi connectivity index (χ0v) is 16.6. The van der Waals surface area contributed by atoms with E-state index in [2.05, 4.69) is 5.09 Å². The average Bonchev–Trinajstić information content (AvgIpc) is 2.76. The van der Waals surface area contributed by atoms with Crippen molar-refractivity contribution in [3.63, 3.8) is 0 Å². The van der Waals surface area contributed by atoms with Crippen LogP contribution < -0.4 is 16.3 Å². The molecule has 1 fully saturated rings. The minimum atomic E-state index is -3.16. The molecule has 11 nitrogen and oxygen atoms in total. The van der Waals surface area contributed by atoms with Crippen LogP contribution in [0.3, 0.4) is 0 Å². The Balaban J connectivity index is 0.00000122. The fourth-order valence-corrected chi connectivity index (χ4v) is 4.13. The number of halogens is 1. The number of hydrogen-bond acceptors (Lipinski definition) is 8. The molecule has 5 atom stereocenters. The van der Waals surface area contributed by atoms with E-state index in [-0.39, 0.29) is 18.8 Å². The number of nitrogens with one attached hydrogen (secondary N) is 2. The molecule has 0 saturated carbocycles. The standard InChI is InChI=1S/C14H23FN3O6P.CO2/c1-8(2)17-25(4,22)23-7-9-11(20)14(3,15)12(24-9)18-6-5-10(19)16-13(18)21;2-1-3/h5-6,8-9,11-12,20H,7H2,1-4H3,(H,17,22)(H,16,19,21);/t9-,11+,12-,14-,25?;/m1./s1. The van der Waals surface area contributed by atoms with Crippen LogP contribution in [-0.2, 0) is 23.4 Å². The third-order valence-electron chi connectivity index (χ3n) is 3.80. The van der Waals surface area contributed by atoms with Gasteiger partial charge in [0.25, 0.3) is 13.1 Å². The second kappa shape index (κ2) is 9.51. The van der Waals surface area contributed by atoms with Crippen LogP contribution in [0.15, 0.2) is 21.9 Å². The van der Waals surface area contributed by atoms with Gasteiger partial charge in [-0.2, -0.15) is 9.59 Å². The van der Waals surface area contributed by atoms with Gasteiger partial charge in [0.15, 0.2) is 11.9 Å². The number of aromatic nitrogens is 2. The molecule has 0 aliphatic carbocycles. The summed E-state index contributed by atoms with van der Waals surface area (Å²) in [5, 5.41) is 12.9. The van der Waals surface area contributed by atoms with Crippen molar-refractivity contribution in [1.82, 2.24) is 14.6 Å². The first-order valence-electron chi connectivity index (χ1n) is 8.18. The zero-order valence-electron chi connectivity index (χ0n) is 15.7. The van der Waals surface area contributed by atoms with E-state index in [4.69, 9.17) is 18.8 Å². The van der Waals surface area contributed by atoms with E-state index in [1.807, 2.05) is 4.98 Å². The van der Waals surface area contributed by atoms with Crippen molar-refractivity contribution in [2.45, 2.75) is 50.9 Å². The molecule has 1 aliphatic rings. The second-order valence-electron chi connectivity index (χ2n) is 6.65. The van der Waals surface area contributed by atoms with Gasteiger partial charge in [0.2, 0.25) is 0 Å². The van der Waals surface area contributed by atoms with Gasteiger partial charge in [-0.25, -0.2) is 14.3 Å². The lowest BCUT2D eigenvalue weighted by Gasteiger charge is -2.24. The summed E-state index contributed by atoms with van der Waals surface area (Å²) < 4.78 is 38.7. The fourth-order valence-electron chi connectivity index (χ4n) is 2.68. The number of ether oxygens (including phenoxy) is 1. The highest BCUT2D eigenvalue weighted by Crippen LogP contribution is 2.43. The predicted molar refractivity (Wildman–Crippen MR) is 93.5 cm³/mol. The minimum absolute atomic E-state index is 0.0934. The summed E-state index contributed by atoms with van der Waals surface area (Å²) in [5.41, 5.74) is -3.82. The number of aromatic amines is 1. The molecule has 1 aromatic heterocycles. The number of aliphatic hydroxyl groups excluding tert-OH is 1. The summed E-state index contributed by atoms with van der Waals surface area (Å²) in [5.74, 6) is 0. The van der Waals surface area contributed by atoms with E-state index in [0.29, 0.717) is 0 Å². The fraction of sp³-hybridized carbons (Fsp3) is 0.667. The molecular weight excluding hydrogens is 400 g/mol. The molecule has 13 heteroatoms. The van der Waals surface area contributed by atoms with Gasteiger partial charge in [0, 0.05) is 25.0 Å². The normalized spacial score (nSPS) is 28.9. The Bertz CT molecular complexity index is 861. The van der Waals surface area contributed by atoms with E-state index >= 15 is 0 Å². The van der Waals surface area contributed by atoms with Crippen molar-refractivity contribution in [1.29, 1.82) is 0 Å². The Labute approximate surface area is 159 Å². The van der Waals surface area contributed by atoms with E-state index in [1.165, 1.54) is 6.66 Å². The van der Waals surface area contributed by atoms with E-state index in [1.54, 1.807) is 13.8 Å². The summed E-state index contributed by atoms with van der Waals surface area (Å²) in [6.07, 6.45) is -2.88. The third-order valence-corrected chi connectivity index (χ3v) is 5.43. The first kappa shape index (κ1) is 24.1. The molecule has 2 heterocycles. The van der Waals surface area contributed by atoms with E-state index < -0.39 is 42.9 Å². The van der Waals surface area contributed by atoms with Crippen molar-refractivity contribution in [2.24, 2.45) is 0 Å². The molecule has 1 unspecified atom stereocenters. The molecule has 2 rings (SSSR count). The molecular formula is C15H23FN3O8P. The third kappa shape index (κ3) is 6.03. The van der Waals surface area contributed by atoms with E-state index in [0.717, 1.165) is 23.8 Å². The second-order valence-corrected chi connectivity index (χ2v) is 8.86. The molecule has 28 heavy (non-hydrogen) atoms. The number of H-pyrrole nitrogens is 1. The van der Waals surface area contributed by atoms with Crippen LogP contribution >= 0.6 is 7.52 Å². The number of rotatable bonds is 6. The Kier molecular flexibility index (Phi) is 8.18. The number of alkyl halides is 1. The highest BCUT2D eigenvalue weighted by molar-refractivity contribution is 7.56. The van der Waals surface area contributed by atoms with Crippen LogP contribution in [-0.4, -0.2) is 58.0 Å². The lowest BCUT2D eigenvalue weighted by Crippen LogP contribution is -2.43. The summed E-state index contributed by atoms with van der Waals surface area (Å²) >= 11 is 0. The summed E-state index contributed by atoms with van der Waals surface area (Å²) in [6.45, 7) is 5.70. The van der Waals surface area contributed by atoms with Crippen LogP contribution in [0.1, 0.15) is 27.0 Å². The monoisotopic (exact) mass is 423 g/mol. The van der Waals surface area contributed by atoms with Crippen molar-refractivity contribution >= 4 is 13.7 Å². The predicted octanol–water partition coefficient (Wildman–Crippen LogP) is -0.223. The van der Waals surface area contributed by atoms with Crippen molar-refractivity contribution in [3.8, 4) is 0 Å². The van der Waals surface area contributed by atoms with Crippen LogP contribution in [0, 0.1) is 0 Å². The molecule has 0 radical (unpaired) electrons. The van der Waals surface area contributed by atoms with Gasteiger partial charge in [-0.15, -0.1) is 0 Å². The molecule has 0 bridgehead atoms. The summed E-state index contributed by atoms with van der Waals surface area (Å²) in [6, 6.07) is 0.952. The number of nitrogens with zero attached hydrogens (tertiary/aromatic N) is 1. The molecule has 1 aliphatic heterocycles. The average molecular weight is 423 g/mol. The molecule has 1 saturated heterocycles. The van der Waals surface area contributed by atoms with Crippen molar-refractivity contribution < 1.29 is 32.9 Å². The SMILES string of the molecule is CC(C)NP(C)(=O)OC[C@H]1O[C@@H](n2ccc(=O)[nH]c2=O)[C@](C)(F)[C@H]1O.O=C=O. The number of aliphatic hydroxyl groups is 1. The highest BCUT2D eigenvalue weighted by atomic mass is 31.2. The Morgan fingerprint density at radius 1 is 1.50 bits per heavy atom. The molecule has 158 valence electrons. The topological polar surface area (TPSA) is 157 Å². The van der Waals surface area contributed by atoms with Gasteiger partial charge >= 0.3 is 11.8 Å². The van der Waals surface area contributed by atoms with Gasteiger partial charge < -0.3 is 14.4 Å². The maximum absolute atomic E-state index is 14.9. The zero-order chi connectivity index (χ0) is 21.7. The Morgan fingerprint density at radius 2 is 2.07 bits per heavy atom. The molecule has 3 N–H and O–H groups in total. The molecule has 0 amide bonds. The lowest BCUT2D eigenvalue weighted by atomic mass is 9.98. The van der Waals surface area contributed by atoms with Gasteiger partial charge in [-0.1, -0.05) is 0 Å². The quantitative estimate of drug-likeness (QED) is 0.526. The summed E-state index contributed by atoms with van der Waals surface area (Å²) in [7, 11) is -3.16. The Hall–Kier alpha value is -1.94. The van der Waals surface area contributed by atoms with Crippen LogP contribution in [0.5, 0.6) is 0 Å². The maximum atomic E-state index is 14.9. The first-order valence-corrected chi connectivity index (χ1v) is 10.3. The van der Waals surface area contributed by atoms with Gasteiger partial charge in [0.05, 0.1) is 6.61 Å². The van der Waals surface area contributed by atoms with Crippen LogP contribution in [0.25, 0.3) is 0 Å². The molecule has 1 aromatic rings. The molecule has 0 spiro atoms.